The maximum Gasteiger partial charge on any atom is 0.163 e. The van der Waals surface area contributed by atoms with Crippen molar-refractivity contribution in [2.75, 3.05) is 0 Å². The van der Waals surface area contributed by atoms with Gasteiger partial charge in [0.2, 0.25) is 0 Å². The Kier molecular flexibility index (Phi) is 1.91. The number of aromatic nitrogens is 2. The molecule has 0 saturated carbocycles. The Hall–Kier alpha value is -1.58. The number of carbonyl (C=O) groups excluding carboxylic acids is 1. The van der Waals surface area contributed by atoms with Gasteiger partial charge in [-0.1, -0.05) is 0 Å². The molecular weight excluding hydrogens is 178 g/mol. The molecule has 2 N–H and O–H groups in total. The van der Waals surface area contributed by atoms with Crippen molar-refractivity contribution in [3.8, 4) is 0 Å². The summed E-state index contributed by atoms with van der Waals surface area (Å²) < 4.78 is 1.96. The smallest absolute Gasteiger partial charge is 0.163 e. The highest BCUT2D eigenvalue weighted by atomic mass is 16.1. The third kappa shape index (κ3) is 1.23. The highest BCUT2D eigenvalue weighted by molar-refractivity contribution is 6.10. The molecule has 0 amide bonds. The van der Waals surface area contributed by atoms with Crippen molar-refractivity contribution in [1.82, 2.24) is 9.55 Å². The van der Waals surface area contributed by atoms with Gasteiger partial charge in [-0.15, -0.1) is 0 Å². The maximum absolute atomic E-state index is 11.3. The van der Waals surface area contributed by atoms with E-state index in [1.165, 1.54) is 0 Å². The summed E-state index contributed by atoms with van der Waals surface area (Å²) in [5, 5.41) is 1.60. The summed E-state index contributed by atoms with van der Waals surface area (Å²) in [6.45, 7) is 4.09. The SMILES string of the molecule is CC(C)n1cnc2c1=CC(=O)CC=2N. The number of nitrogens with zero attached hydrogens (tertiary/aromatic N) is 2. The summed E-state index contributed by atoms with van der Waals surface area (Å²) in [5.74, 6) is 0.0531. The third-order valence-electron chi connectivity index (χ3n) is 2.35. The van der Waals surface area contributed by atoms with Gasteiger partial charge in [0.25, 0.3) is 0 Å². The van der Waals surface area contributed by atoms with Crippen molar-refractivity contribution < 1.29 is 4.79 Å². The molecule has 0 radical (unpaired) electrons. The first-order valence-electron chi connectivity index (χ1n) is 4.65. The van der Waals surface area contributed by atoms with Crippen LogP contribution < -0.4 is 16.4 Å². The summed E-state index contributed by atoms with van der Waals surface area (Å²) in [7, 11) is 0. The number of carbonyl (C=O) groups is 1. The predicted octanol–water partition coefficient (Wildman–Crippen LogP) is -0.716. The van der Waals surface area contributed by atoms with E-state index in [2.05, 4.69) is 4.98 Å². The van der Waals surface area contributed by atoms with Gasteiger partial charge < -0.3 is 10.3 Å². The molecule has 0 spiro atoms. The van der Waals surface area contributed by atoms with Crippen LogP contribution in [0.15, 0.2) is 6.33 Å². The lowest BCUT2D eigenvalue weighted by Crippen LogP contribution is -2.39. The molecule has 0 bridgehead atoms. The second-order valence-corrected chi connectivity index (χ2v) is 3.79. The van der Waals surface area contributed by atoms with Gasteiger partial charge in [-0.3, -0.25) is 4.79 Å². The Morgan fingerprint density at radius 1 is 1.57 bits per heavy atom. The van der Waals surface area contributed by atoms with Gasteiger partial charge in [0.1, 0.15) is 5.35 Å². The number of rotatable bonds is 1. The van der Waals surface area contributed by atoms with E-state index in [9.17, 15) is 4.79 Å². The third-order valence-corrected chi connectivity index (χ3v) is 2.35. The van der Waals surface area contributed by atoms with Crippen LogP contribution in [0.4, 0.5) is 0 Å². The van der Waals surface area contributed by atoms with Crippen molar-refractivity contribution in [1.29, 1.82) is 0 Å². The Morgan fingerprint density at radius 2 is 2.29 bits per heavy atom. The molecule has 0 unspecified atom stereocenters. The number of Topliss-reactive ketones (excluding diaryl/α,β-unsaturated/α-hetero) is 1. The van der Waals surface area contributed by atoms with E-state index < -0.39 is 0 Å². The number of imidazole rings is 1. The normalized spacial score (nSPS) is 15.6. The first kappa shape index (κ1) is 8.99. The predicted molar refractivity (Wildman–Crippen MR) is 53.5 cm³/mol. The van der Waals surface area contributed by atoms with Crippen molar-refractivity contribution in [2.45, 2.75) is 26.3 Å². The molecule has 0 aliphatic heterocycles. The molecule has 0 saturated heterocycles. The van der Waals surface area contributed by atoms with E-state index in [0.29, 0.717) is 18.2 Å². The van der Waals surface area contributed by atoms with Gasteiger partial charge in [-0.2, -0.15) is 0 Å². The Morgan fingerprint density at radius 3 is 2.93 bits per heavy atom. The second kappa shape index (κ2) is 2.97. The summed E-state index contributed by atoms with van der Waals surface area (Å²) in [6, 6.07) is 0.293. The minimum absolute atomic E-state index is 0.0531. The first-order chi connectivity index (χ1) is 6.59. The van der Waals surface area contributed by atoms with E-state index in [-0.39, 0.29) is 5.78 Å². The van der Waals surface area contributed by atoms with Gasteiger partial charge >= 0.3 is 0 Å². The fraction of sp³-hybridized carbons (Fsp3) is 0.400. The van der Waals surface area contributed by atoms with Crippen LogP contribution in [-0.2, 0) is 4.79 Å². The highest BCUT2D eigenvalue weighted by Gasteiger charge is 2.12. The molecule has 4 heteroatoms. The monoisotopic (exact) mass is 191 g/mol. The highest BCUT2D eigenvalue weighted by Crippen LogP contribution is 2.00. The second-order valence-electron chi connectivity index (χ2n) is 3.79. The van der Waals surface area contributed by atoms with Crippen LogP contribution in [0.1, 0.15) is 26.3 Å². The van der Waals surface area contributed by atoms with Crippen LogP contribution in [0, 0.1) is 0 Å². The quantitative estimate of drug-likeness (QED) is 0.637. The maximum atomic E-state index is 11.3. The van der Waals surface area contributed by atoms with E-state index >= 15 is 0 Å². The molecule has 0 fully saturated rings. The zero-order valence-electron chi connectivity index (χ0n) is 8.32. The molecule has 1 aliphatic rings. The van der Waals surface area contributed by atoms with Gasteiger partial charge in [0.15, 0.2) is 5.78 Å². The number of ketones is 1. The topological polar surface area (TPSA) is 60.9 Å². The molecule has 0 aromatic carbocycles. The van der Waals surface area contributed by atoms with Crippen LogP contribution in [0.2, 0.25) is 0 Å². The molecule has 4 nitrogen and oxygen atoms in total. The van der Waals surface area contributed by atoms with Crippen molar-refractivity contribution in [3.63, 3.8) is 0 Å². The van der Waals surface area contributed by atoms with Crippen molar-refractivity contribution >= 4 is 17.6 Å². The minimum atomic E-state index is 0.0531. The zero-order chi connectivity index (χ0) is 10.3. The summed E-state index contributed by atoms with van der Waals surface area (Å²) >= 11 is 0. The van der Waals surface area contributed by atoms with Gasteiger partial charge in [0, 0.05) is 17.8 Å². The average Bonchev–Trinajstić information content (AvgIpc) is 2.47. The molecule has 0 atom stereocenters. The molecule has 74 valence electrons. The molecular formula is C10H13N3O. The fourth-order valence-corrected chi connectivity index (χ4v) is 1.65. The first-order valence-corrected chi connectivity index (χ1v) is 4.65. The standard InChI is InChI=1S/C10H13N3O/c1-6(2)13-5-12-10-8(11)3-7(14)4-9(10)13/h4-6H,3,11H2,1-2H3. The number of hydrogen-bond acceptors (Lipinski definition) is 3. The lowest BCUT2D eigenvalue weighted by atomic mass is 10.1. The van der Waals surface area contributed by atoms with Crippen molar-refractivity contribution in [3.05, 3.63) is 17.0 Å². The molecule has 14 heavy (non-hydrogen) atoms. The lowest BCUT2D eigenvalue weighted by Gasteiger charge is -2.08. The molecule has 1 aliphatic carbocycles. The van der Waals surface area contributed by atoms with E-state index in [1.54, 1.807) is 12.4 Å². The van der Waals surface area contributed by atoms with Gasteiger partial charge in [-0.05, 0) is 13.8 Å². The van der Waals surface area contributed by atoms with Gasteiger partial charge in [0.05, 0.1) is 18.1 Å². The molecule has 1 aromatic rings. The Labute approximate surface area is 81.7 Å². The Balaban J connectivity index is 2.80. The van der Waals surface area contributed by atoms with E-state index in [4.69, 9.17) is 5.73 Å². The summed E-state index contributed by atoms with van der Waals surface area (Å²) in [4.78, 5) is 15.5. The average molecular weight is 191 g/mol. The van der Waals surface area contributed by atoms with Crippen LogP contribution in [0.3, 0.4) is 0 Å². The minimum Gasteiger partial charge on any atom is -0.400 e. The number of fused-ring (bicyclic) bond motifs is 1. The largest absolute Gasteiger partial charge is 0.400 e. The zero-order valence-corrected chi connectivity index (χ0v) is 8.32. The van der Waals surface area contributed by atoms with Crippen molar-refractivity contribution in [2.24, 2.45) is 5.73 Å². The Bertz CT molecular complexity index is 496. The van der Waals surface area contributed by atoms with Gasteiger partial charge in [-0.25, -0.2) is 4.98 Å². The van der Waals surface area contributed by atoms with Crippen LogP contribution in [0.5, 0.6) is 0 Å². The van der Waals surface area contributed by atoms with E-state index in [0.717, 1.165) is 10.7 Å². The summed E-state index contributed by atoms with van der Waals surface area (Å²) in [5.41, 5.74) is 6.33. The summed E-state index contributed by atoms with van der Waals surface area (Å²) in [6.07, 6.45) is 3.65. The lowest BCUT2D eigenvalue weighted by molar-refractivity contribution is -0.112. The molecule has 1 aromatic heterocycles. The van der Waals surface area contributed by atoms with E-state index in [1.807, 2.05) is 18.4 Å². The molecule has 2 rings (SSSR count). The molecule has 1 heterocycles. The van der Waals surface area contributed by atoms with Crippen LogP contribution >= 0.6 is 0 Å². The van der Waals surface area contributed by atoms with Crippen LogP contribution in [-0.4, -0.2) is 15.3 Å². The van der Waals surface area contributed by atoms with Crippen LogP contribution in [0.25, 0.3) is 11.8 Å². The number of hydrogen-bond donors (Lipinski definition) is 1. The fourth-order valence-electron chi connectivity index (χ4n) is 1.65. The number of nitrogens with two attached hydrogens (primary N) is 1.